The van der Waals surface area contributed by atoms with Crippen molar-refractivity contribution in [3.63, 3.8) is 0 Å². The van der Waals surface area contributed by atoms with Gasteiger partial charge in [-0.1, -0.05) is 98.1 Å². The molecule has 1 fully saturated rings. The molecule has 1 aromatic carbocycles. The molecule has 2 rings (SSSR count). The molecule has 37 heavy (non-hydrogen) atoms. The maximum atomic E-state index is 13.1. The van der Waals surface area contributed by atoms with Gasteiger partial charge in [-0.05, 0) is 60.2 Å². The second-order valence-corrected chi connectivity index (χ2v) is 23.8. The molecule has 0 aliphatic heterocycles. The van der Waals surface area contributed by atoms with Gasteiger partial charge in [0.25, 0.3) is 0 Å². The van der Waals surface area contributed by atoms with Gasteiger partial charge in [0.1, 0.15) is 5.78 Å². The first-order chi connectivity index (χ1) is 16.9. The predicted octanol–water partition coefficient (Wildman–Crippen LogP) is 9.97. The Hall–Kier alpha value is -1.02. The Morgan fingerprint density at radius 3 is 2.03 bits per heavy atom. The molecule has 1 unspecified atom stereocenters. The van der Waals surface area contributed by atoms with Crippen molar-refractivity contribution < 1.29 is 13.6 Å². The predicted molar refractivity (Wildman–Crippen MR) is 164 cm³/mol. The molecule has 1 aliphatic rings. The van der Waals surface area contributed by atoms with Gasteiger partial charge in [-0.3, -0.25) is 4.79 Å². The standard InChI is InChI=1S/C32H56O3Si2/c1-13-15-16-18-28(34-36(9,10)31(3,4)5)24-19-21-25(22-20-24)30-26(17-14-2)27(33)23-29(30)35-37(11,12)32(6,7)8/h14,19-22,26,28-30H,2,13,15-18,23H2,1,3-12H3/t26-,28?,29-,30+/m0/s1. The average Bonchev–Trinajstić information content (AvgIpc) is 3.06. The molecule has 0 heterocycles. The molecule has 1 aromatic rings. The zero-order valence-electron chi connectivity index (χ0n) is 25.9. The Bertz CT molecular complexity index is 890. The minimum atomic E-state index is -2.01. The quantitative estimate of drug-likeness (QED) is 0.149. The summed E-state index contributed by atoms with van der Waals surface area (Å²) in [5.74, 6) is 0.340. The van der Waals surface area contributed by atoms with Crippen LogP contribution < -0.4 is 0 Å². The van der Waals surface area contributed by atoms with Gasteiger partial charge < -0.3 is 8.85 Å². The summed E-state index contributed by atoms with van der Waals surface area (Å²) >= 11 is 0. The van der Waals surface area contributed by atoms with E-state index in [-0.39, 0.29) is 34.1 Å². The summed E-state index contributed by atoms with van der Waals surface area (Å²) < 4.78 is 13.8. The van der Waals surface area contributed by atoms with Gasteiger partial charge in [-0.2, -0.15) is 0 Å². The molecule has 210 valence electrons. The van der Waals surface area contributed by atoms with Crippen molar-refractivity contribution in [2.45, 2.75) is 141 Å². The van der Waals surface area contributed by atoms with Crippen LogP contribution in [0.15, 0.2) is 36.9 Å². The van der Waals surface area contributed by atoms with Crippen molar-refractivity contribution in [2.75, 3.05) is 0 Å². The molecule has 0 spiro atoms. The third-order valence-corrected chi connectivity index (χ3v) is 18.3. The fourth-order valence-electron chi connectivity index (χ4n) is 4.85. The van der Waals surface area contributed by atoms with Gasteiger partial charge in [0.2, 0.25) is 0 Å². The normalized spacial score (nSPS) is 22.4. The van der Waals surface area contributed by atoms with E-state index in [4.69, 9.17) is 8.85 Å². The van der Waals surface area contributed by atoms with Gasteiger partial charge in [0, 0.05) is 18.3 Å². The van der Waals surface area contributed by atoms with Gasteiger partial charge in [-0.25, -0.2) is 0 Å². The molecule has 1 saturated carbocycles. The number of rotatable bonds is 12. The summed E-state index contributed by atoms with van der Waals surface area (Å²) in [5, 5.41) is 0.278. The molecular weight excluding hydrogens is 489 g/mol. The van der Waals surface area contributed by atoms with E-state index in [0.717, 1.165) is 6.42 Å². The zero-order chi connectivity index (χ0) is 28.2. The number of benzene rings is 1. The minimum absolute atomic E-state index is 0.0537. The Labute approximate surface area is 231 Å². The maximum absolute atomic E-state index is 13.1. The van der Waals surface area contributed by atoms with Crippen LogP contribution in [0.3, 0.4) is 0 Å². The maximum Gasteiger partial charge on any atom is 0.192 e. The molecule has 0 bridgehead atoms. The molecular formula is C32H56O3Si2. The van der Waals surface area contributed by atoms with Crippen LogP contribution in [0.2, 0.25) is 36.3 Å². The lowest BCUT2D eigenvalue weighted by Crippen LogP contribution is -2.44. The van der Waals surface area contributed by atoms with E-state index in [2.05, 4.69) is 105 Å². The Morgan fingerprint density at radius 2 is 1.54 bits per heavy atom. The van der Waals surface area contributed by atoms with Crippen LogP contribution in [-0.2, 0) is 13.6 Å². The molecule has 0 amide bonds. The molecule has 0 N–H and O–H groups in total. The summed E-state index contributed by atoms with van der Waals surface area (Å²) in [6.45, 7) is 29.2. The van der Waals surface area contributed by atoms with Crippen molar-refractivity contribution >= 4 is 22.4 Å². The molecule has 1 aliphatic carbocycles. The van der Waals surface area contributed by atoms with Crippen LogP contribution in [-0.4, -0.2) is 28.5 Å². The molecule has 0 radical (unpaired) electrons. The van der Waals surface area contributed by atoms with Gasteiger partial charge in [0.15, 0.2) is 16.6 Å². The number of Topliss-reactive ketones (excluding diaryl/α,β-unsaturated/α-hetero) is 1. The van der Waals surface area contributed by atoms with Crippen molar-refractivity contribution in [1.82, 2.24) is 0 Å². The Kier molecular flexibility index (Phi) is 10.8. The van der Waals surface area contributed by atoms with E-state index in [9.17, 15) is 4.79 Å². The summed E-state index contributed by atoms with van der Waals surface area (Å²) in [7, 11) is -3.92. The molecule has 0 saturated heterocycles. The second kappa shape index (κ2) is 12.4. The number of carbonyl (C=O) groups is 1. The van der Waals surface area contributed by atoms with Crippen LogP contribution in [0.4, 0.5) is 0 Å². The lowest BCUT2D eigenvalue weighted by atomic mass is 9.84. The first-order valence-corrected chi connectivity index (χ1v) is 20.4. The van der Waals surface area contributed by atoms with E-state index < -0.39 is 16.6 Å². The van der Waals surface area contributed by atoms with Crippen LogP contribution in [0.5, 0.6) is 0 Å². The fraction of sp³-hybridized carbons (Fsp3) is 0.719. The highest BCUT2D eigenvalue weighted by atomic mass is 28.4. The Balaban J connectivity index is 2.39. The molecule has 5 heteroatoms. The number of unbranched alkanes of at least 4 members (excludes halogenated alkanes) is 2. The highest BCUT2D eigenvalue weighted by molar-refractivity contribution is 6.74. The molecule has 3 nitrogen and oxygen atoms in total. The van der Waals surface area contributed by atoms with E-state index >= 15 is 0 Å². The van der Waals surface area contributed by atoms with Crippen LogP contribution in [0.1, 0.15) is 110 Å². The SMILES string of the molecule is C=CC[C@H]1C(=O)C[C@H](O[Si](C)(C)C(C)(C)C)[C@@H]1c1ccc(C(CCCCC)O[Si](C)(C)C(C)(C)C)cc1. The number of hydrogen-bond donors (Lipinski definition) is 0. The number of allylic oxidation sites excluding steroid dienone is 1. The zero-order valence-corrected chi connectivity index (χ0v) is 27.9. The van der Waals surface area contributed by atoms with Crippen LogP contribution in [0.25, 0.3) is 0 Å². The fourth-order valence-corrected chi connectivity index (χ4v) is 7.51. The highest BCUT2D eigenvalue weighted by Gasteiger charge is 2.48. The van der Waals surface area contributed by atoms with E-state index in [1.165, 1.54) is 30.4 Å². The molecule has 4 atom stereocenters. The summed E-state index contributed by atoms with van der Waals surface area (Å²) in [5.41, 5.74) is 2.47. The first-order valence-electron chi connectivity index (χ1n) is 14.5. The summed E-state index contributed by atoms with van der Waals surface area (Å²) in [6, 6.07) is 9.02. The van der Waals surface area contributed by atoms with Gasteiger partial charge in [0.05, 0.1) is 12.2 Å². The lowest BCUT2D eigenvalue weighted by molar-refractivity contribution is -0.121. The van der Waals surface area contributed by atoms with Gasteiger partial charge in [-0.15, -0.1) is 6.58 Å². The topological polar surface area (TPSA) is 35.5 Å². The van der Waals surface area contributed by atoms with Crippen LogP contribution >= 0.6 is 0 Å². The third kappa shape index (κ3) is 8.00. The second-order valence-electron chi connectivity index (χ2n) is 14.3. The lowest BCUT2D eigenvalue weighted by Gasteiger charge is -2.40. The van der Waals surface area contributed by atoms with Crippen molar-refractivity contribution in [3.05, 3.63) is 48.0 Å². The largest absolute Gasteiger partial charge is 0.413 e. The third-order valence-electron chi connectivity index (χ3n) is 9.33. The smallest absolute Gasteiger partial charge is 0.192 e. The summed E-state index contributed by atoms with van der Waals surface area (Å²) in [6.07, 6.45) is 7.84. The molecule has 0 aromatic heterocycles. The average molecular weight is 545 g/mol. The van der Waals surface area contributed by atoms with Crippen molar-refractivity contribution in [3.8, 4) is 0 Å². The first kappa shape index (κ1) is 32.2. The highest BCUT2D eigenvalue weighted by Crippen LogP contribution is 2.47. The number of carbonyl (C=O) groups excluding carboxylic acids is 1. The minimum Gasteiger partial charge on any atom is -0.413 e. The monoisotopic (exact) mass is 544 g/mol. The van der Waals surface area contributed by atoms with E-state index in [1.54, 1.807) is 0 Å². The van der Waals surface area contributed by atoms with E-state index in [0.29, 0.717) is 18.6 Å². The number of hydrogen-bond acceptors (Lipinski definition) is 3. The Morgan fingerprint density at radius 1 is 0.973 bits per heavy atom. The van der Waals surface area contributed by atoms with Crippen LogP contribution in [0, 0.1) is 5.92 Å². The van der Waals surface area contributed by atoms with Gasteiger partial charge >= 0.3 is 0 Å². The van der Waals surface area contributed by atoms with Crippen molar-refractivity contribution in [2.24, 2.45) is 5.92 Å². The summed E-state index contributed by atoms with van der Waals surface area (Å²) in [4.78, 5) is 13.1. The van der Waals surface area contributed by atoms with Crippen molar-refractivity contribution in [1.29, 1.82) is 0 Å². The number of ketones is 1. The van der Waals surface area contributed by atoms with E-state index in [1.807, 2.05) is 6.08 Å².